The van der Waals surface area contributed by atoms with Gasteiger partial charge in [0.2, 0.25) is 0 Å². The summed E-state index contributed by atoms with van der Waals surface area (Å²) in [6.45, 7) is 1.22. The van der Waals surface area contributed by atoms with Gasteiger partial charge in [0.05, 0.1) is 11.3 Å². The lowest BCUT2D eigenvalue weighted by Crippen LogP contribution is -2.09. The van der Waals surface area contributed by atoms with E-state index in [0.29, 0.717) is 43.0 Å². The molecule has 30 heavy (non-hydrogen) atoms. The van der Waals surface area contributed by atoms with Crippen LogP contribution in [0, 0.1) is 0 Å². The van der Waals surface area contributed by atoms with Crippen molar-refractivity contribution in [2.24, 2.45) is 10.9 Å². The molecule has 8 nitrogen and oxygen atoms in total. The van der Waals surface area contributed by atoms with Gasteiger partial charge in [0.1, 0.15) is 6.61 Å². The van der Waals surface area contributed by atoms with Crippen LogP contribution in [0.4, 0.5) is 13.2 Å². The molecule has 0 heterocycles. The van der Waals surface area contributed by atoms with Gasteiger partial charge in [-0.25, -0.2) is 9.59 Å². The standard InChI is InChI=1S/C15H21F3N2O2.C4H4O4/c1-21-10-3-2-4-14(20-22-11-9-19)12-5-7-13(8-6-12)15(16,17)18;5-3(6)1-2-4(7)8/h5-8H,2-4,9-11,19H2,1H3;1-2H,(H,5,6)(H,7,8)/b20-14+;2-1-. The van der Waals surface area contributed by atoms with Crippen LogP contribution < -0.4 is 5.73 Å². The van der Waals surface area contributed by atoms with E-state index in [-0.39, 0.29) is 6.61 Å². The molecule has 0 aliphatic rings. The van der Waals surface area contributed by atoms with Crippen molar-refractivity contribution in [1.82, 2.24) is 0 Å². The molecule has 0 aromatic heterocycles. The van der Waals surface area contributed by atoms with Gasteiger partial charge in [-0.1, -0.05) is 17.3 Å². The number of methoxy groups -OCH3 is 1. The largest absolute Gasteiger partial charge is 0.478 e. The first kappa shape index (κ1) is 27.1. The number of nitrogens with two attached hydrogens (primary N) is 1. The van der Waals surface area contributed by atoms with Crippen molar-refractivity contribution in [2.75, 3.05) is 26.9 Å². The van der Waals surface area contributed by atoms with Crippen molar-refractivity contribution < 1.29 is 42.5 Å². The first-order valence-corrected chi connectivity index (χ1v) is 8.81. The fourth-order valence-electron chi connectivity index (χ4n) is 1.95. The summed E-state index contributed by atoms with van der Waals surface area (Å²) in [7, 11) is 1.62. The monoisotopic (exact) mass is 434 g/mol. The minimum Gasteiger partial charge on any atom is -0.478 e. The van der Waals surface area contributed by atoms with Crippen LogP contribution in [0.15, 0.2) is 41.6 Å². The minimum absolute atomic E-state index is 0.266. The quantitative estimate of drug-likeness (QED) is 0.211. The summed E-state index contributed by atoms with van der Waals surface area (Å²) in [5.41, 5.74) is 5.87. The van der Waals surface area contributed by atoms with Crippen molar-refractivity contribution in [3.8, 4) is 0 Å². The number of rotatable bonds is 11. The Balaban J connectivity index is 0.000000890. The zero-order chi connectivity index (χ0) is 23.0. The molecular weight excluding hydrogens is 409 g/mol. The second-order valence-electron chi connectivity index (χ2n) is 5.69. The lowest BCUT2D eigenvalue weighted by molar-refractivity contribution is -0.137. The number of halogens is 3. The van der Waals surface area contributed by atoms with Crippen molar-refractivity contribution in [2.45, 2.75) is 25.4 Å². The van der Waals surface area contributed by atoms with Crippen molar-refractivity contribution >= 4 is 17.7 Å². The number of carboxylic acids is 2. The summed E-state index contributed by atoms with van der Waals surface area (Å²) >= 11 is 0. The predicted octanol–water partition coefficient (Wildman–Crippen LogP) is 2.91. The first-order chi connectivity index (χ1) is 14.1. The van der Waals surface area contributed by atoms with Crippen molar-refractivity contribution in [1.29, 1.82) is 0 Å². The molecule has 1 aromatic rings. The Morgan fingerprint density at radius 1 is 1.07 bits per heavy atom. The number of benzene rings is 1. The van der Waals surface area contributed by atoms with Crippen LogP contribution in [0.5, 0.6) is 0 Å². The van der Waals surface area contributed by atoms with Crippen LogP contribution in [-0.2, 0) is 25.3 Å². The summed E-state index contributed by atoms with van der Waals surface area (Å²) < 4.78 is 42.7. The van der Waals surface area contributed by atoms with Gasteiger partial charge in [-0.15, -0.1) is 0 Å². The number of aliphatic carboxylic acids is 2. The van der Waals surface area contributed by atoms with Crippen molar-refractivity contribution in [3.05, 3.63) is 47.5 Å². The molecule has 0 bridgehead atoms. The van der Waals surface area contributed by atoms with Gasteiger partial charge in [0.25, 0.3) is 0 Å². The number of carboxylic acid groups (broad SMARTS) is 2. The minimum atomic E-state index is -4.34. The van der Waals surface area contributed by atoms with Gasteiger partial charge in [-0.2, -0.15) is 13.2 Å². The zero-order valence-corrected chi connectivity index (χ0v) is 16.4. The highest BCUT2D eigenvalue weighted by Gasteiger charge is 2.30. The number of hydrogen-bond donors (Lipinski definition) is 3. The molecule has 1 aromatic carbocycles. The first-order valence-electron chi connectivity index (χ1n) is 8.81. The van der Waals surface area contributed by atoms with Crippen LogP contribution in [-0.4, -0.2) is 54.7 Å². The number of alkyl halides is 3. The van der Waals surface area contributed by atoms with Crippen LogP contribution in [0.2, 0.25) is 0 Å². The van der Waals surface area contributed by atoms with Gasteiger partial charge in [0.15, 0.2) is 0 Å². The SMILES string of the molecule is COCCCC/C(=N\OCCN)c1ccc(C(F)(F)F)cc1.O=C(O)/C=C\C(=O)O. The van der Waals surface area contributed by atoms with E-state index in [1.54, 1.807) is 7.11 Å². The lowest BCUT2D eigenvalue weighted by atomic mass is 10.0. The molecule has 0 atom stereocenters. The van der Waals surface area contributed by atoms with E-state index in [9.17, 15) is 22.8 Å². The smallest absolute Gasteiger partial charge is 0.416 e. The third-order valence-corrected chi connectivity index (χ3v) is 3.31. The molecule has 168 valence electrons. The Hall–Kier alpha value is -2.92. The average Bonchev–Trinajstić information content (AvgIpc) is 2.68. The summed E-state index contributed by atoms with van der Waals surface area (Å²) in [5, 5.41) is 19.6. The predicted molar refractivity (Wildman–Crippen MR) is 103 cm³/mol. The summed E-state index contributed by atoms with van der Waals surface area (Å²) in [5.74, 6) is -2.51. The van der Waals surface area contributed by atoms with Crippen molar-refractivity contribution in [3.63, 3.8) is 0 Å². The Morgan fingerprint density at radius 2 is 1.63 bits per heavy atom. The van der Waals surface area contributed by atoms with E-state index in [2.05, 4.69) is 5.16 Å². The maximum Gasteiger partial charge on any atom is 0.416 e. The van der Waals surface area contributed by atoms with Gasteiger partial charge in [-0.05, 0) is 37.0 Å². The number of unbranched alkanes of at least 4 members (excludes halogenated alkanes) is 1. The molecule has 0 saturated carbocycles. The lowest BCUT2D eigenvalue weighted by Gasteiger charge is -2.10. The average molecular weight is 434 g/mol. The van der Waals surface area contributed by atoms with E-state index in [1.165, 1.54) is 12.1 Å². The Bertz CT molecular complexity index is 687. The molecule has 11 heteroatoms. The maximum absolute atomic E-state index is 12.6. The normalized spacial score (nSPS) is 11.7. The highest BCUT2D eigenvalue weighted by Crippen LogP contribution is 2.29. The molecule has 0 saturated heterocycles. The molecule has 0 aliphatic carbocycles. The van der Waals surface area contributed by atoms with Gasteiger partial charge in [0, 0.05) is 32.4 Å². The fourth-order valence-corrected chi connectivity index (χ4v) is 1.95. The second-order valence-corrected chi connectivity index (χ2v) is 5.69. The fraction of sp³-hybridized carbons (Fsp3) is 0.421. The summed E-state index contributed by atoms with van der Waals surface area (Å²) in [4.78, 5) is 24.2. The molecule has 0 aliphatic heterocycles. The maximum atomic E-state index is 12.6. The Labute approximate surface area is 171 Å². The Morgan fingerprint density at radius 3 is 2.07 bits per heavy atom. The molecule has 0 radical (unpaired) electrons. The third kappa shape index (κ3) is 13.3. The molecule has 4 N–H and O–H groups in total. The zero-order valence-electron chi connectivity index (χ0n) is 16.4. The molecular formula is C19H25F3N2O6. The number of hydrogen-bond acceptors (Lipinski definition) is 6. The highest BCUT2D eigenvalue weighted by atomic mass is 19.4. The summed E-state index contributed by atoms with van der Waals surface area (Å²) in [6.07, 6.45) is -0.985. The molecule has 0 fully saturated rings. The number of carbonyl (C=O) groups is 2. The summed E-state index contributed by atoms with van der Waals surface area (Å²) in [6, 6.07) is 4.90. The molecule has 1 rings (SSSR count). The number of nitrogens with zero attached hydrogens (tertiary/aromatic N) is 1. The van der Waals surface area contributed by atoms with Gasteiger partial charge >= 0.3 is 18.1 Å². The number of ether oxygens (including phenoxy) is 1. The molecule has 0 unspecified atom stereocenters. The van der Waals surface area contributed by atoms with E-state index < -0.39 is 23.7 Å². The topological polar surface area (TPSA) is 131 Å². The van der Waals surface area contributed by atoms with Crippen LogP contribution >= 0.6 is 0 Å². The van der Waals surface area contributed by atoms with E-state index in [1.807, 2.05) is 0 Å². The molecule has 0 amide bonds. The van der Waals surface area contributed by atoms with Crippen LogP contribution in [0.1, 0.15) is 30.4 Å². The highest BCUT2D eigenvalue weighted by molar-refractivity contribution is 6.00. The van der Waals surface area contributed by atoms with E-state index >= 15 is 0 Å². The number of oxime groups is 1. The molecule has 0 spiro atoms. The Kier molecular flexibility index (Phi) is 13.5. The van der Waals surface area contributed by atoms with Crippen LogP contribution in [0.3, 0.4) is 0 Å². The van der Waals surface area contributed by atoms with E-state index in [0.717, 1.165) is 25.0 Å². The van der Waals surface area contributed by atoms with Crippen LogP contribution in [0.25, 0.3) is 0 Å². The second kappa shape index (κ2) is 15.0. The van der Waals surface area contributed by atoms with Gasteiger partial charge < -0.3 is 25.5 Å². The van der Waals surface area contributed by atoms with Gasteiger partial charge in [-0.3, -0.25) is 0 Å². The third-order valence-electron chi connectivity index (χ3n) is 3.31. The van der Waals surface area contributed by atoms with E-state index in [4.69, 9.17) is 25.5 Å².